The Kier molecular flexibility index (Phi) is 9.34. The van der Waals surface area contributed by atoms with Gasteiger partial charge < -0.3 is 29.0 Å². The van der Waals surface area contributed by atoms with E-state index >= 15 is 0 Å². The average Bonchev–Trinajstić information content (AvgIpc) is 3.33. The van der Waals surface area contributed by atoms with E-state index in [2.05, 4.69) is 5.32 Å². The maximum absolute atomic E-state index is 14.2. The van der Waals surface area contributed by atoms with Gasteiger partial charge in [0.1, 0.15) is 5.75 Å². The van der Waals surface area contributed by atoms with Crippen molar-refractivity contribution < 1.29 is 38.1 Å². The summed E-state index contributed by atoms with van der Waals surface area (Å²) in [4.78, 5) is 41.5. The SMILES string of the molecule is CCOC(=O)COc1ccc(C2C(C(=O)OCC)=C(C)NC3S/C(=C\c4ccc(OC)c5ccccc45)C(=O)N32)cc1OC. The number of allylic oxidation sites excluding steroid dienone is 1. The molecule has 3 aromatic carbocycles. The summed E-state index contributed by atoms with van der Waals surface area (Å²) in [6.45, 7) is 5.37. The minimum atomic E-state index is -0.785. The molecular formula is C33H34N2O8S. The standard InChI is InChI=1S/C33H34N2O8S/c1-6-41-28(36)18-43-25-15-13-21(16-26(25)40-5)30-29(32(38)42-7-2)19(3)34-33-35(30)31(37)27(44-33)17-20-12-14-24(39-4)23-11-9-8-10-22(20)23/h8-17,30,33-34H,6-7,18H2,1-5H3/b27-17-. The second-order valence-electron chi connectivity index (χ2n) is 9.90. The molecule has 3 aromatic rings. The lowest BCUT2D eigenvalue weighted by Crippen LogP contribution is -2.50. The highest BCUT2D eigenvalue weighted by molar-refractivity contribution is 8.05. The molecular weight excluding hydrogens is 584 g/mol. The van der Waals surface area contributed by atoms with Crippen molar-refractivity contribution in [1.82, 2.24) is 10.2 Å². The first-order valence-corrected chi connectivity index (χ1v) is 15.1. The smallest absolute Gasteiger partial charge is 0.344 e. The third-order valence-corrected chi connectivity index (χ3v) is 8.42. The van der Waals surface area contributed by atoms with Crippen LogP contribution < -0.4 is 19.5 Å². The number of methoxy groups -OCH3 is 2. The molecule has 44 heavy (non-hydrogen) atoms. The summed E-state index contributed by atoms with van der Waals surface area (Å²) < 4.78 is 27.2. The Morgan fingerprint density at radius 2 is 1.64 bits per heavy atom. The maximum atomic E-state index is 14.2. The van der Waals surface area contributed by atoms with Crippen LogP contribution in [0.5, 0.6) is 17.2 Å². The molecule has 1 N–H and O–H groups in total. The van der Waals surface area contributed by atoms with E-state index < -0.39 is 23.5 Å². The molecule has 1 saturated heterocycles. The monoisotopic (exact) mass is 618 g/mol. The number of hydrogen-bond donors (Lipinski definition) is 1. The Labute approximate surface area is 259 Å². The summed E-state index contributed by atoms with van der Waals surface area (Å²) in [5.74, 6) is 0.124. The lowest BCUT2D eigenvalue weighted by molar-refractivity contribution is -0.145. The molecule has 1 fully saturated rings. The summed E-state index contributed by atoms with van der Waals surface area (Å²) in [5.41, 5.74) is 1.92. The van der Waals surface area contributed by atoms with Crippen LogP contribution >= 0.6 is 11.8 Å². The van der Waals surface area contributed by atoms with E-state index in [1.165, 1.54) is 18.9 Å². The van der Waals surface area contributed by atoms with Gasteiger partial charge in [0.05, 0.1) is 44.0 Å². The van der Waals surface area contributed by atoms with Gasteiger partial charge in [0.25, 0.3) is 5.91 Å². The zero-order chi connectivity index (χ0) is 31.4. The highest BCUT2D eigenvalue weighted by atomic mass is 32.2. The van der Waals surface area contributed by atoms with E-state index in [-0.39, 0.29) is 25.7 Å². The van der Waals surface area contributed by atoms with Crippen molar-refractivity contribution in [3.05, 3.63) is 81.9 Å². The average molecular weight is 619 g/mol. The number of ether oxygens (including phenoxy) is 5. The third-order valence-electron chi connectivity index (χ3n) is 7.31. The van der Waals surface area contributed by atoms with Crippen LogP contribution in [0.1, 0.15) is 37.9 Å². The van der Waals surface area contributed by atoms with Gasteiger partial charge in [-0.15, -0.1) is 0 Å². The van der Waals surface area contributed by atoms with Gasteiger partial charge >= 0.3 is 11.9 Å². The van der Waals surface area contributed by atoms with Crippen LogP contribution in [0.25, 0.3) is 16.8 Å². The quantitative estimate of drug-likeness (QED) is 0.241. The summed E-state index contributed by atoms with van der Waals surface area (Å²) in [6.07, 6.45) is 1.87. The van der Waals surface area contributed by atoms with Crippen LogP contribution in [0.15, 0.2) is 70.8 Å². The van der Waals surface area contributed by atoms with E-state index in [1.54, 1.807) is 51.0 Å². The first kappa shape index (κ1) is 30.8. The van der Waals surface area contributed by atoms with Crippen molar-refractivity contribution in [3.8, 4) is 17.2 Å². The number of carbonyl (C=O) groups is 3. The van der Waals surface area contributed by atoms with Gasteiger partial charge in [-0.25, -0.2) is 9.59 Å². The molecule has 11 heteroatoms. The molecule has 2 aliphatic rings. The third kappa shape index (κ3) is 5.92. The van der Waals surface area contributed by atoms with Gasteiger partial charge in [-0.05, 0) is 61.6 Å². The molecule has 0 radical (unpaired) electrons. The molecule has 2 atom stereocenters. The number of benzene rings is 3. The minimum absolute atomic E-state index is 0.175. The molecule has 0 aromatic heterocycles. The number of carbonyl (C=O) groups excluding carboxylic acids is 3. The lowest BCUT2D eigenvalue weighted by atomic mass is 9.93. The van der Waals surface area contributed by atoms with Crippen molar-refractivity contribution in [2.24, 2.45) is 0 Å². The lowest BCUT2D eigenvalue weighted by Gasteiger charge is -2.39. The van der Waals surface area contributed by atoms with Crippen molar-refractivity contribution in [2.45, 2.75) is 32.3 Å². The summed E-state index contributed by atoms with van der Waals surface area (Å²) in [7, 11) is 3.11. The summed E-state index contributed by atoms with van der Waals surface area (Å²) in [6, 6.07) is 16.0. The number of amides is 1. The predicted octanol–water partition coefficient (Wildman–Crippen LogP) is 5.18. The zero-order valence-corrected chi connectivity index (χ0v) is 26.0. The van der Waals surface area contributed by atoms with Crippen LogP contribution in [-0.4, -0.2) is 62.3 Å². The number of fused-ring (bicyclic) bond motifs is 2. The Balaban J connectivity index is 1.55. The largest absolute Gasteiger partial charge is 0.496 e. The van der Waals surface area contributed by atoms with Crippen molar-refractivity contribution in [3.63, 3.8) is 0 Å². The molecule has 1 amide bonds. The predicted molar refractivity (Wildman–Crippen MR) is 167 cm³/mol. The fourth-order valence-electron chi connectivity index (χ4n) is 5.37. The number of nitrogens with one attached hydrogen (secondary N) is 1. The molecule has 0 spiro atoms. The topological polar surface area (TPSA) is 113 Å². The van der Waals surface area contributed by atoms with Crippen LogP contribution in [0.4, 0.5) is 0 Å². The van der Waals surface area contributed by atoms with Gasteiger partial charge in [0.2, 0.25) is 0 Å². The normalized spacial score (nSPS) is 18.6. The van der Waals surface area contributed by atoms with E-state index in [0.717, 1.165) is 22.1 Å². The highest BCUT2D eigenvalue weighted by Crippen LogP contribution is 2.48. The molecule has 2 aliphatic heterocycles. The number of thioether (sulfide) groups is 1. The molecule has 0 bridgehead atoms. The van der Waals surface area contributed by atoms with Crippen LogP contribution in [-0.2, 0) is 23.9 Å². The molecule has 230 valence electrons. The summed E-state index contributed by atoms with van der Waals surface area (Å²) >= 11 is 1.38. The van der Waals surface area contributed by atoms with Gasteiger partial charge in [-0.1, -0.05) is 48.2 Å². The Morgan fingerprint density at radius 3 is 2.34 bits per heavy atom. The van der Waals surface area contributed by atoms with Crippen molar-refractivity contribution >= 4 is 46.5 Å². The molecule has 0 aliphatic carbocycles. The Morgan fingerprint density at radius 1 is 0.932 bits per heavy atom. The minimum Gasteiger partial charge on any atom is -0.496 e. The van der Waals surface area contributed by atoms with Crippen molar-refractivity contribution in [2.75, 3.05) is 34.0 Å². The van der Waals surface area contributed by atoms with Crippen LogP contribution in [0.3, 0.4) is 0 Å². The van der Waals surface area contributed by atoms with Crippen molar-refractivity contribution in [1.29, 1.82) is 0 Å². The van der Waals surface area contributed by atoms with E-state index in [9.17, 15) is 14.4 Å². The molecule has 5 rings (SSSR count). The molecule has 10 nitrogen and oxygen atoms in total. The number of nitrogens with zero attached hydrogens (tertiary/aromatic N) is 1. The second-order valence-corrected chi connectivity index (χ2v) is 11.0. The second kappa shape index (κ2) is 13.3. The first-order chi connectivity index (χ1) is 21.3. The fourth-order valence-corrected chi connectivity index (χ4v) is 6.58. The first-order valence-electron chi connectivity index (χ1n) is 14.2. The zero-order valence-electron chi connectivity index (χ0n) is 25.2. The van der Waals surface area contributed by atoms with Crippen LogP contribution in [0, 0.1) is 0 Å². The van der Waals surface area contributed by atoms with Gasteiger partial charge in [0.15, 0.2) is 23.6 Å². The molecule has 0 saturated carbocycles. The van der Waals surface area contributed by atoms with Crippen LogP contribution in [0.2, 0.25) is 0 Å². The highest BCUT2D eigenvalue weighted by Gasteiger charge is 2.48. The Bertz CT molecular complexity index is 1670. The number of rotatable bonds is 10. The van der Waals surface area contributed by atoms with Gasteiger partial charge in [-0.3, -0.25) is 9.69 Å². The number of hydrogen-bond acceptors (Lipinski definition) is 10. The summed E-state index contributed by atoms with van der Waals surface area (Å²) in [5, 5.41) is 5.22. The fraction of sp³-hybridized carbons (Fsp3) is 0.303. The number of esters is 2. The van der Waals surface area contributed by atoms with Gasteiger partial charge in [0, 0.05) is 11.1 Å². The molecule has 2 unspecified atom stereocenters. The molecule has 2 heterocycles. The maximum Gasteiger partial charge on any atom is 0.344 e. The van der Waals surface area contributed by atoms with E-state index in [1.807, 2.05) is 42.5 Å². The Hall–Kier alpha value is -4.64. The van der Waals surface area contributed by atoms with E-state index in [0.29, 0.717) is 33.2 Å². The van der Waals surface area contributed by atoms with E-state index in [4.69, 9.17) is 23.7 Å². The van der Waals surface area contributed by atoms with Gasteiger partial charge in [-0.2, -0.15) is 0 Å².